The van der Waals surface area contributed by atoms with Gasteiger partial charge in [0.05, 0.1) is 17.6 Å². The Morgan fingerprint density at radius 1 is 1.11 bits per heavy atom. The van der Waals surface area contributed by atoms with E-state index in [1.54, 1.807) is 18.2 Å². The molecule has 0 radical (unpaired) electrons. The summed E-state index contributed by atoms with van der Waals surface area (Å²) in [5, 5.41) is 13.6. The number of ketones is 1. The summed E-state index contributed by atoms with van der Waals surface area (Å²) >= 11 is 0. The average molecular weight is 386 g/mol. The molecule has 1 N–H and O–H groups in total. The number of rotatable bonds is 7. The molecule has 0 saturated heterocycles. The molecule has 2 aromatic rings. The van der Waals surface area contributed by atoms with Gasteiger partial charge in [0.15, 0.2) is 17.6 Å². The lowest BCUT2D eigenvalue weighted by Crippen LogP contribution is -2.30. The van der Waals surface area contributed by atoms with Gasteiger partial charge in [-0.15, -0.1) is 0 Å². The molecule has 0 aliphatic heterocycles. The minimum Gasteiger partial charge on any atom is -0.490 e. The van der Waals surface area contributed by atoms with Gasteiger partial charge < -0.3 is 14.8 Å². The number of ether oxygens (including phenoxy) is 2. The van der Waals surface area contributed by atoms with Gasteiger partial charge in [0.2, 0.25) is 0 Å². The maximum atomic E-state index is 12.2. The van der Waals surface area contributed by atoms with E-state index in [1.165, 1.54) is 39.2 Å². The fraction of sp³-hybridized carbons (Fsp3) is 0.211. The molecule has 0 aliphatic carbocycles. The maximum Gasteiger partial charge on any atom is 0.339 e. The normalized spacial score (nSPS) is 11.2. The number of carbonyl (C=O) groups is 3. The Hall–Kier alpha value is -3.75. The van der Waals surface area contributed by atoms with Crippen molar-refractivity contribution in [3.05, 3.63) is 63.7 Å². The van der Waals surface area contributed by atoms with Crippen LogP contribution in [0.3, 0.4) is 0 Å². The van der Waals surface area contributed by atoms with E-state index in [9.17, 15) is 24.5 Å². The fourth-order valence-corrected chi connectivity index (χ4v) is 2.30. The van der Waals surface area contributed by atoms with Gasteiger partial charge in [0.1, 0.15) is 0 Å². The minimum absolute atomic E-state index is 0.00213. The predicted molar refractivity (Wildman–Crippen MR) is 99.6 cm³/mol. The smallest absolute Gasteiger partial charge is 0.339 e. The SMILES string of the molecule is COc1ccc(C(=O)OC(C)C(=O)Nc2cccc(C(C)=O)c2)cc1[N+](=O)[O-]. The number of nitro benzene ring substituents is 1. The molecule has 2 rings (SSSR count). The van der Waals surface area contributed by atoms with Crippen LogP contribution in [0.15, 0.2) is 42.5 Å². The van der Waals surface area contributed by atoms with Crippen LogP contribution in [-0.4, -0.2) is 35.8 Å². The molecule has 0 spiro atoms. The summed E-state index contributed by atoms with van der Waals surface area (Å²) in [5.41, 5.74) is 0.314. The zero-order valence-electron chi connectivity index (χ0n) is 15.4. The summed E-state index contributed by atoms with van der Waals surface area (Å²) in [6, 6.07) is 9.90. The van der Waals surface area contributed by atoms with Crippen molar-refractivity contribution in [2.24, 2.45) is 0 Å². The second-order valence-corrected chi connectivity index (χ2v) is 5.82. The van der Waals surface area contributed by atoms with Crippen molar-refractivity contribution in [3.8, 4) is 5.75 Å². The molecule has 0 bridgehead atoms. The van der Waals surface area contributed by atoms with E-state index >= 15 is 0 Å². The molecule has 0 aliphatic rings. The standard InChI is InChI=1S/C19H18N2O7/c1-11(22)13-5-4-6-15(9-13)20-18(23)12(2)28-19(24)14-7-8-17(27-3)16(10-14)21(25)26/h4-10,12H,1-3H3,(H,20,23). The molecule has 1 unspecified atom stereocenters. The first-order valence-electron chi connectivity index (χ1n) is 8.18. The van der Waals surface area contributed by atoms with Gasteiger partial charge in [-0.2, -0.15) is 0 Å². The first-order valence-corrected chi connectivity index (χ1v) is 8.18. The second kappa shape index (κ2) is 8.76. The van der Waals surface area contributed by atoms with E-state index in [0.717, 1.165) is 6.07 Å². The fourth-order valence-electron chi connectivity index (χ4n) is 2.30. The Morgan fingerprint density at radius 2 is 1.82 bits per heavy atom. The number of amides is 1. The third kappa shape index (κ3) is 4.91. The van der Waals surface area contributed by atoms with Crippen LogP contribution in [0.2, 0.25) is 0 Å². The van der Waals surface area contributed by atoms with Crippen molar-refractivity contribution >= 4 is 29.0 Å². The van der Waals surface area contributed by atoms with Gasteiger partial charge in [-0.05, 0) is 38.1 Å². The Bertz CT molecular complexity index is 940. The zero-order valence-corrected chi connectivity index (χ0v) is 15.4. The molecule has 0 heterocycles. The molecule has 146 valence electrons. The van der Waals surface area contributed by atoms with Crippen LogP contribution in [0.5, 0.6) is 5.75 Å². The number of nitro groups is 1. The number of methoxy groups -OCH3 is 1. The predicted octanol–water partition coefficient (Wildman–Crippen LogP) is 2.99. The number of anilines is 1. The van der Waals surface area contributed by atoms with E-state index in [2.05, 4.69) is 5.32 Å². The lowest BCUT2D eigenvalue weighted by atomic mass is 10.1. The number of nitrogens with one attached hydrogen (secondary N) is 1. The summed E-state index contributed by atoms with van der Waals surface area (Å²) in [6.45, 7) is 2.76. The second-order valence-electron chi connectivity index (χ2n) is 5.82. The molecular formula is C19H18N2O7. The third-order valence-electron chi connectivity index (χ3n) is 3.80. The summed E-state index contributed by atoms with van der Waals surface area (Å²) in [6.07, 6.45) is -1.17. The summed E-state index contributed by atoms with van der Waals surface area (Å²) in [5.74, 6) is -1.67. The maximum absolute atomic E-state index is 12.2. The van der Waals surface area contributed by atoms with Crippen molar-refractivity contribution in [1.82, 2.24) is 0 Å². The van der Waals surface area contributed by atoms with Gasteiger partial charge in [0, 0.05) is 17.3 Å². The molecule has 0 aromatic heterocycles. The van der Waals surface area contributed by atoms with E-state index in [4.69, 9.17) is 9.47 Å². The summed E-state index contributed by atoms with van der Waals surface area (Å²) in [4.78, 5) is 46.2. The van der Waals surface area contributed by atoms with Crippen LogP contribution in [0.25, 0.3) is 0 Å². The molecule has 0 fully saturated rings. The first kappa shape index (κ1) is 20.6. The number of benzene rings is 2. The quantitative estimate of drug-likeness (QED) is 0.336. The van der Waals surface area contributed by atoms with Gasteiger partial charge in [0.25, 0.3) is 5.91 Å². The minimum atomic E-state index is -1.17. The number of hydrogen-bond acceptors (Lipinski definition) is 7. The highest BCUT2D eigenvalue weighted by Gasteiger charge is 2.23. The number of carbonyl (C=O) groups excluding carboxylic acids is 3. The largest absolute Gasteiger partial charge is 0.490 e. The Labute approximate surface area is 160 Å². The van der Waals surface area contributed by atoms with Crippen LogP contribution in [0, 0.1) is 10.1 Å². The highest BCUT2D eigenvalue weighted by Crippen LogP contribution is 2.28. The van der Waals surface area contributed by atoms with Gasteiger partial charge in [-0.1, -0.05) is 12.1 Å². The van der Waals surface area contributed by atoms with Crippen molar-refractivity contribution in [2.45, 2.75) is 20.0 Å². The molecule has 28 heavy (non-hydrogen) atoms. The Balaban J connectivity index is 2.08. The number of Topliss-reactive ketones (excluding diaryl/α,β-unsaturated/α-hetero) is 1. The van der Waals surface area contributed by atoms with Crippen LogP contribution in [0.4, 0.5) is 11.4 Å². The van der Waals surface area contributed by atoms with Gasteiger partial charge in [-0.3, -0.25) is 19.7 Å². The summed E-state index contributed by atoms with van der Waals surface area (Å²) < 4.78 is 9.95. The van der Waals surface area contributed by atoms with E-state index < -0.39 is 28.6 Å². The summed E-state index contributed by atoms with van der Waals surface area (Å²) in [7, 11) is 1.27. The van der Waals surface area contributed by atoms with Crippen LogP contribution in [-0.2, 0) is 9.53 Å². The molecular weight excluding hydrogens is 368 g/mol. The molecule has 1 amide bonds. The van der Waals surface area contributed by atoms with Crippen molar-refractivity contribution < 1.29 is 28.8 Å². The first-order chi connectivity index (χ1) is 13.2. The Morgan fingerprint density at radius 3 is 2.43 bits per heavy atom. The van der Waals surface area contributed by atoms with Gasteiger partial charge in [-0.25, -0.2) is 4.79 Å². The van der Waals surface area contributed by atoms with E-state index in [0.29, 0.717) is 11.3 Å². The number of hydrogen-bond donors (Lipinski definition) is 1. The monoisotopic (exact) mass is 386 g/mol. The lowest BCUT2D eigenvalue weighted by molar-refractivity contribution is -0.385. The molecule has 1 atom stereocenters. The molecule has 9 nitrogen and oxygen atoms in total. The van der Waals surface area contributed by atoms with Crippen LogP contribution >= 0.6 is 0 Å². The molecule has 2 aromatic carbocycles. The molecule has 0 saturated carbocycles. The van der Waals surface area contributed by atoms with E-state index in [1.807, 2.05) is 0 Å². The van der Waals surface area contributed by atoms with E-state index in [-0.39, 0.29) is 17.1 Å². The number of nitrogens with zero attached hydrogens (tertiary/aromatic N) is 1. The zero-order chi connectivity index (χ0) is 20.8. The Kier molecular flexibility index (Phi) is 6.43. The number of esters is 1. The van der Waals surface area contributed by atoms with Crippen LogP contribution < -0.4 is 10.1 Å². The average Bonchev–Trinajstić information content (AvgIpc) is 2.67. The topological polar surface area (TPSA) is 125 Å². The highest BCUT2D eigenvalue weighted by molar-refractivity contribution is 5.99. The van der Waals surface area contributed by atoms with Crippen molar-refractivity contribution in [1.29, 1.82) is 0 Å². The lowest BCUT2D eigenvalue weighted by Gasteiger charge is -2.14. The third-order valence-corrected chi connectivity index (χ3v) is 3.80. The van der Waals surface area contributed by atoms with Gasteiger partial charge >= 0.3 is 11.7 Å². The molecule has 9 heteroatoms. The van der Waals surface area contributed by atoms with Crippen LogP contribution in [0.1, 0.15) is 34.6 Å². The van der Waals surface area contributed by atoms with Crippen molar-refractivity contribution in [3.63, 3.8) is 0 Å². The van der Waals surface area contributed by atoms with Crippen molar-refractivity contribution in [2.75, 3.05) is 12.4 Å². The highest BCUT2D eigenvalue weighted by atomic mass is 16.6.